The Kier molecular flexibility index (Phi) is 5.87. The molecule has 2 N–H and O–H groups in total. The third-order valence-corrected chi connectivity index (χ3v) is 3.46. The van der Waals surface area contributed by atoms with Crippen LogP contribution < -0.4 is 4.74 Å². The number of ether oxygens (including phenoxy) is 1. The van der Waals surface area contributed by atoms with Crippen LogP contribution in [0.15, 0.2) is 12.1 Å². The summed E-state index contributed by atoms with van der Waals surface area (Å²) in [6.45, 7) is 6.75. The van der Waals surface area contributed by atoms with Crippen molar-refractivity contribution in [1.82, 2.24) is 4.90 Å². The van der Waals surface area contributed by atoms with Crippen molar-refractivity contribution in [2.24, 2.45) is 0 Å². The molecule has 0 bridgehead atoms. The molecule has 1 rings (SSSR count). The molecule has 0 unspecified atom stereocenters. The van der Waals surface area contributed by atoms with Crippen molar-refractivity contribution in [3.63, 3.8) is 0 Å². The fourth-order valence-electron chi connectivity index (χ4n) is 1.99. The number of carboxylic acids is 1. The van der Waals surface area contributed by atoms with Crippen molar-refractivity contribution in [3.8, 4) is 11.5 Å². The average molecular weight is 316 g/mol. The number of benzene rings is 1. The molecule has 0 aliphatic heterocycles. The summed E-state index contributed by atoms with van der Waals surface area (Å²) >= 11 is 6.02. The third kappa shape index (κ3) is 5.10. The lowest BCUT2D eigenvalue weighted by molar-refractivity contribution is -0.137. The summed E-state index contributed by atoms with van der Waals surface area (Å²) in [6, 6.07) is 3.21. The third-order valence-electron chi connectivity index (χ3n) is 3.24. The highest BCUT2D eigenvalue weighted by atomic mass is 35.5. The standard InChI is InChI=1S/C15H22ClNO4/c1-15(2,3)17(6-5-13(18)19)9-10-7-11(16)8-12(21-4)14(10)20/h7-8,20H,5-6,9H2,1-4H3,(H,18,19). The Morgan fingerprint density at radius 1 is 1.38 bits per heavy atom. The Bertz CT molecular complexity index is 511. The van der Waals surface area contributed by atoms with Gasteiger partial charge < -0.3 is 14.9 Å². The molecule has 1 aromatic carbocycles. The summed E-state index contributed by atoms with van der Waals surface area (Å²) in [5.41, 5.74) is 0.372. The van der Waals surface area contributed by atoms with Crippen molar-refractivity contribution in [3.05, 3.63) is 22.7 Å². The normalized spacial score (nSPS) is 11.7. The number of nitrogens with zero attached hydrogens (tertiary/aromatic N) is 1. The van der Waals surface area contributed by atoms with E-state index >= 15 is 0 Å². The van der Waals surface area contributed by atoms with Gasteiger partial charge in [-0.05, 0) is 26.8 Å². The molecule has 0 aliphatic carbocycles. The monoisotopic (exact) mass is 315 g/mol. The largest absolute Gasteiger partial charge is 0.504 e. The lowest BCUT2D eigenvalue weighted by Crippen LogP contribution is -2.42. The molecule has 0 spiro atoms. The second-order valence-corrected chi connectivity index (χ2v) is 6.29. The lowest BCUT2D eigenvalue weighted by Gasteiger charge is -2.35. The summed E-state index contributed by atoms with van der Waals surface area (Å²) in [5.74, 6) is -0.506. The first-order chi connectivity index (χ1) is 9.65. The highest BCUT2D eigenvalue weighted by Gasteiger charge is 2.24. The zero-order valence-corrected chi connectivity index (χ0v) is 13.6. The minimum atomic E-state index is -0.850. The topological polar surface area (TPSA) is 70.0 Å². The van der Waals surface area contributed by atoms with Crippen molar-refractivity contribution >= 4 is 17.6 Å². The van der Waals surface area contributed by atoms with E-state index < -0.39 is 5.97 Å². The van der Waals surface area contributed by atoms with Gasteiger partial charge in [0.15, 0.2) is 11.5 Å². The number of hydrogen-bond donors (Lipinski definition) is 2. The molecule has 0 aliphatic rings. The van der Waals surface area contributed by atoms with Crippen LogP contribution in [-0.4, -0.2) is 40.3 Å². The molecule has 6 heteroatoms. The van der Waals surface area contributed by atoms with Gasteiger partial charge in [0.1, 0.15) is 0 Å². The SMILES string of the molecule is COc1cc(Cl)cc(CN(CCC(=O)O)C(C)(C)C)c1O. The molecule has 21 heavy (non-hydrogen) atoms. The van der Waals surface area contributed by atoms with Crippen molar-refractivity contribution in [2.75, 3.05) is 13.7 Å². The van der Waals surface area contributed by atoms with Crippen LogP contribution in [0.5, 0.6) is 11.5 Å². The summed E-state index contributed by atoms with van der Waals surface area (Å²) in [5, 5.41) is 19.5. The van der Waals surface area contributed by atoms with Gasteiger partial charge in [-0.3, -0.25) is 9.69 Å². The van der Waals surface area contributed by atoms with Gasteiger partial charge in [-0.15, -0.1) is 0 Å². The van der Waals surface area contributed by atoms with Crippen molar-refractivity contribution in [1.29, 1.82) is 0 Å². The number of carbonyl (C=O) groups is 1. The molecular formula is C15H22ClNO4. The van der Waals surface area contributed by atoms with Gasteiger partial charge >= 0.3 is 5.97 Å². The van der Waals surface area contributed by atoms with E-state index in [0.717, 1.165) is 0 Å². The number of methoxy groups -OCH3 is 1. The van der Waals surface area contributed by atoms with E-state index in [1.54, 1.807) is 12.1 Å². The van der Waals surface area contributed by atoms with E-state index in [1.807, 2.05) is 25.7 Å². The second kappa shape index (κ2) is 7.00. The molecule has 1 aromatic rings. The number of halogens is 1. The smallest absolute Gasteiger partial charge is 0.304 e. The molecule has 0 radical (unpaired) electrons. The number of carboxylic acid groups (broad SMARTS) is 1. The first kappa shape index (κ1) is 17.6. The molecule has 0 saturated heterocycles. The van der Waals surface area contributed by atoms with Crippen LogP contribution in [0.25, 0.3) is 0 Å². The molecule has 0 aromatic heterocycles. The van der Waals surface area contributed by atoms with E-state index in [-0.39, 0.29) is 17.7 Å². The second-order valence-electron chi connectivity index (χ2n) is 5.85. The van der Waals surface area contributed by atoms with Gasteiger partial charge in [0.2, 0.25) is 0 Å². The fourth-order valence-corrected chi connectivity index (χ4v) is 2.22. The van der Waals surface area contributed by atoms with Gasteiger partial charge in [0.05, 0.1) is 13.5 Å². The van der Waals surface area contributed by atoms with E-state index in [0.29, 0.717) is 29.4 Å². The number of aliphatic carboxylic acids is 1. The Morgan fingerprint density at radius 2 is 2.00 bits per heavy atom. The Balaban J connectivity index is 3.03. The molecule has 118 valence electrons. The van der Waals surface area contributed by atoms with Crippen molar-refractivity contribution < 1.29 is 19.7 Å². The highest BCUT2D eigenvalue weighted by Crippen LogP contribution is 2.35. The van der Waals surface area contributed by atoms with E-state index in [9.17, 15) is 9.90 Å². The van der Waals surface area contributed by atoms with Gasteiger partial charge in [-0.2, -0.15) is 0 Å². The molecule has 0 amide bonds. The van der Waals surface area contributed by atoms with Crippen LogP contribution in [-0.2, 0) is 11.3 Å². The Hall–Kier alpha value is -1.46. The lowest BCUT2D eigenvalue weighted by atomic mass is 10.0. The maximum Gasteiger partial charge on any atom is 0.304 e. The fraction of sp³-hybridized carbons (Fsp3) is 0.533. The summed E-state index contributed by atoms with van der Waals surface area (Å²) < 4.78 is 5.08. The predicted molar refractivity (Wildman–Crippen MR) is 82.1 cm³/mol. The van der Waals surface area contributed by atoms with E-state index in [2.05, 4.69) is 0 Å². The maximum absolute atomic E-state index is 10.8. The number of phenols is 1. The minimum absolute atomic E-state index is 0.0338. The average Bonchev–Trinajstić information content (AvgIpc) is 2.36. The quantitative estimate of drug-likeness (QED) is 0.844. The zero-order chi connectivity index (χ0) is 16.2. The minimum Gasteiger partial charge on any atom is -0.504 e. The van der Waals surface area contributed by atoms with Gasteiger partial charge in [0.25, 0.3) is 0 Å². The highest BCUT2D eigenvalue weighted by molar-refractivity contribution is 6.30. The van der Waals surface area contributed by atoms with Crippen LogP contribution in [0.2, 0.25) is 5.02 Å². The summed E-state index contributed by atoms with van der Waals surface area (Å²) in [6.07, 6.45) is 0.0374. The molecule has 5 nitrogen and oxygen atoms in total. The van der Waals surface area contributed by atoms with Crippen LogP contribution >= 0.6 is 11.6 Å². The summed E-state index contributed by atoms with van der Waals surface area (Å²) in [4.78, 5) is 12.8. The van der Waals surface area contributed by atoms with E-state index in [4.69, 9.17) is 21.4 Å². The molecule has 0 fully saturated rings. The predicted octanol–water partition coefficient (Wildman–Crippen LogP) is 3.13. The zero-order valence-electron chi connectivity index (χ0n) is 12.8. The number of phenolic OH excluding ortho intramolecular Hbond substituents is 1. The Labute approximate surface area is 130 Å². The maximum atomic E-state index is 10.8. The van der Waals surface area contributed by atoms with E-state index in [1.165, 1.54) is 7.11 Å². The Morgan fingerprint density at radius 3 is 2.48 bits per heavy atom. The van der Waals surface area contributed by atoms with Crippen LogP contribution in [0, 0.1) is 0 Å². The van der Waals surface area contributed by atoms with Crippen molar-refractivity contribution in [2.45, 2.75) is 39.3 Å². The first-order valence-electron chi connectivity index (χ1n) is 6.67. The van der Waals surface area contributed by atoms with Crippen LogP contribution in [0.1, 0.15) is 32.8 Å². The van der Waals surface area contributed by atoms with Crippen LogP contribution in [0.4, 0.5) is 0 Å². The molecule has 0 saturated carbocycles. The molecular weight excluding hydrogens is 294 g/mol. The summed E-state index contributed by atoms with van der Waals surface area (Å²) in [7, 11) is 1.46. The number of aromatic hydroxyl groups is 1. The molecule has 0 heterocycles. The van der Waals surface area contributed by atoms with Gasteiger partial charge in [0, 0.05) is 35.3 Å². The molecule has 0 atom stereocenters. The van der Waals surface area contributed by atoms with Gasteiger partial charge in [-0.1, -0.05) is 11.6 Å². The number of hydrogen-bond acceptors (Lipinski definition) is 4. The van der Waals surface area contributed by atoms with Crippen LogP contribution in [0.3, 0.4) is 0 Å². The number of rotatable bonds is 6. The van der Waals surface area contributed by atoms with Gasteiger partial charge in [-0.25, -0.2) is 0 Å². The first-order valence-corrected chi connectivity index (χ1v) is 7.05.